The van der Waals surface area contributed by atoms with Crippen LogP contribution in [0.15, 0.2) is 18.2 Å². The molecule has 16 heavy (non-hydrogen) atoms. The highest BCUT2D eigenvalue weighted by atomic mass is 19.1. The van der Waals surface area contributed by atoms with E-state index in [0.717, 1.165) is 12.1 Å². The van der Waals surface area contributed by atoms with E-state index in [1.807, 2.05) is 0 Å². The lowest BCUT2D eigenvalue weighted by molar-refractivity contribution is 0.0148. The fourth-order valence-corrected chi connectivity index (χ4v) is 1.40. The highest BCUT2D eigenvalue weighted by Crippen LogP contribution is 2.21. The van der Waals surface area contributed by atoms with Crippen LogP contribution in [0.4, 0.5) is 4.39 Å². The molecule has 0 aromatic heterocycles. The van der Waals surface area contributed by atoms with Gasteiger partial charge in [0.2, 0.25) is 0 Å². The molecule has 0 bridgehead atoms. The van der Waals surface area contributed by atoms with E-state index in [0.29, 0.717) is 0 Å². The predicted molar refractivity (Wildman–Crippen MR) is 55.8 cm³/mol. The van der Waals surface area contributed by atoms with E-state index in [4.69, 9.17) is 11.0 Å². The first-order chi connectivity index (χ1) is 7.58. The van der Waals surface area contributed by atoms with Gasteiger partial charge in [0.15, 0.2) is 0 Å². The molecule has 5 heteroatoms. The highest BCUT2D eigenvalue weighted by molar-refractivity contribution is 5.34. The maximum atomic E-state index is 13.1. The van der Waals surface area contributed by atoms with E-state index in [-0.39, 0.29) is 24.1 Å². The van der Waals surface area contributed by atoms with Crippen molar-refractivity contribution in [3.05, 3.63) is 35.1 Å². The van der Waals surface area contributed by atoms with Gasteiger partial charge in [-0.25, -0.2) is 4.39 Å². The summed E-state index contributed by atoms with van der Waals surface area (Å²) in [4.78, 5) is 0. The maximum absolute atomic E-state index is 13.1. The zero-order valence-electron chi connectivity index (χ0n) is 8.60. The molecule has 86 valence electrons. The van der Waals surface area contributed by atoms with Crippen molar-refractivity contribution in [2.45, 2.75) is 18.6 Å². The van der Waals surface area contributed by atoms with Crippen LogP contribution in [0.1, 0.15) is 23.7 Å². The number of benzene rings is 1. The van der Waals surface area contributed by atoms with Crippen LogP contribution in [0.2, 0.25) is 0 Å². The van der Waals surface area contributed by atoms with Crippen molar-refractivity contribution in [3.63, 3.8) is 0 Å². The Morgan fingerprint density at radius 1 is 1.38 bits per heavy atom. The quantitative estimate of drug-likeness (QED) is 0.692. The van der Waals surface area contributed by atoms with Crippen LogP contribution in [-0.2, 0) is 0 Å². The summed E-state index contributed by atoms with van der Waals surface area (Å²) in [5, 5.41) is 27.8. The molecule has 0 aliphatic carbocycles. The van der Waals surface area contributed by atoms with E-state index < -0.39 is 18.0 Å². The number of nitriles is 1. The second-order valence-electron chi connectivity index (χ2n) is 3.47. The maximum Gasteiger partial charge on any atom is 0.124 e. The van der Waals surface area contributed by atoms with Crippen LogP contribution in [0, 0.1) is 17.1 Å². The molecule has 0 aliphatic heterocycles. The minimum absolute atomic E-state index is 0.106. The Morgan fingerprint density at radius 2 is 2.06 bits per heavy atom. The number of aliphatic hydroxyl groups excluding tert-OH is 2. The van der Waals surface area contributed by atoms with Crippen LogP contribution in [0.25, 0.3) is 0 Å². The van der Waals surface area contributed by atoms with Crippen LogP contribution >= 0.6 is 0 Å². The largest absolute Gasteiger partial charge is 0.390 e. The monoisotopic (exact) mass is 224 g/mol. The summed E-state index contributed by atoms with van der Waals surface area (Å²) in [5.74, 6) is -0.618. The van der Waals surface area contributed by atoms with Gasteiger partial charge in [-0.05, 0) is 36.7 Å². The molecule has 2 atom stereocenters. The molecule has 0 aliphatic rings. The van der Waals surface area contributed by atoms with E-state index in [1.165, 1.54) is 6.07 Å². The fraction of sp³-hybridized carbons (Fsp3) is 0.364. The Bertz CT molecular complexity index is 403. The van der Waals surface area contributed by atoms with Crippen molar-refractivity contribution in [2.24, 2.45) is 5.73 Å². The van der Waals surface area contributed by atoms with E-state index in [9.17, 15) is 14.6 Å². The number of hydrogen-bond acceptors (Lipinski definition) is 4. The summed E-state index contributed by atoms with van der Waals surface area (Å²) < 4.78 is 13.1. The minimum Gasteiger partial charge on any atom is -0.390 e. The van der Waals surface area contributed by atoms with Crippen molar-refractivity contribution in [1.29, 1.82) is 5.26 Å². The van der Waals surface area contributed by atoms with Crippen molar-refractivity contribution >= 4 is 0 Å². The third-order valence-corrected chi connectivity index (χ3v) is 2.22. The average molecular weight is 224 g/mol. The molecule has 2 unspecified atom stereocenters. The molecule has 0 saturated carbocycles. The normalized spacial score (nSPS) is 14.2. The lowest BCUT2D eigenvalue weighted by atomic mass is 10.0. The van der Waals surface area contributed by atoms with Crippen LogP contribution in [0.5, 0.6) is 0 Å². The average Bonchev–Trinajstić information content (AvgIpc) is 2.27. The Balaban J connectivity index is 2.95. The molecule has 0 radical (unpaired) electrons. The topological polar surface area (TPSA) is 90.3 Å². The van der Waals surface area contributed by atoms with Crippen LogP contribution in [-0.4, -0.2) is 22.9 Å². The molecule has 1 aromatic rings. The van der Waals surface area contributed by atoms with Crippen molar-refractivity contribution in [2.75, 3.05) is 6.54 Å². The third kappa shape index (κ3) is 3.00. The third-order valence-electron chi connectivity index (χ3n) is 2.22. The molecule has 0 heterocycles. The van der Waals surface area contributed by atoms with Gasteiger partial charge < -0.3 is 15.9 Å². The lowest BCUT2D eigenvalue weighted by Gasteiger charge is -2.17. The summed E-state index contributed by atoms with van der Waals surface area (Å²) in [6.07, 6.45) is -2.08. The number of rotatable bonds is 4. The van der Waals surface area contributed by atoms with Gasteiger partial charge >= 0.3 is 0 Å². The van der Waals surface area contributed by atoms with E-state index >= 15 is 0 Å². The zero-order valence-corrected chi connectivity index (χ0v) is 8.60. The Morgan fingerprint density at radius 3 is 2.62 bits per heavy atom. The van der Waals surface area contributed by atoms with Crippen LogP contribution < -0.4 is 5.73 Å². The highest BCUT2D eigenvalue weighted by Gasteiger charge is 2.18. The van der Waals surface area contributed by atoms with E-state index in [1.54, 1.807) is 6.07 Å². The second-order valence-corrected chi connectivity index (χ2v) is 3.47. The standard InChI is InChI=1S/C11H13FN2O2/c12-9-4-7(6-14)3-8(5-9)11(16)10(15)1-2-13/h3-5,10-11,15-16H,1-2,13H2. The summed E-state index contributed by atoms with van der Waals surface area (Å²) in [5.41, 5.74) is 5.52. The summed E-state index contributed by atoms with van der Waals surface area (Å²) in [7, 11) is 0. The predicted octanol–water partition coefficient (Wildman–Crippen LogP) is 0.440. The van der Waals surface area contributed by atoms with Gasteiger partial charge in [-0.3, -0.25) is 0 Å². The molecule has 4 nitrogen and oxygen atoms in total. The summed E-state index contributed by atoms with van der Waals surface area (Å²) in [6.45, 7) is 0.221. The van der Waals surface area contributed by atoms with Gasteiger partial charge in [0.1, 0.15) is 11.9 Å². The number of hydrogen-bond donors (Lipinski definition) is 3. The van der Waals surface area contributed by atoms with Gasteiger partial charge in [-0.1, -0.05) is 0 Å². The molecule has 0 spiro atoms. The van der Waals surface area contributed by atoms with Gasteiger partial charge in [-0.2, -0.15) is 5.26 Å². The minimum atomic E-state index is -1.23. The van der Waals surface area contributed by atoms with Gasteiger partial charge in [-0.15, -0.1) is 0 Å². The first-order valence-corrected chi connectivity index (χ1v) is 4.85. The summed E-state index contributed by atoms with van der Waals surface area (Å²) >= 11 is 0. The zero-order chi connectivity index (χ0) is 12.1. The van der Waals surface area contributed by atoms with Gasteiger partial charge in [0.05, 0.1) is 17.7 Å². The van der Waals surface area contributed by atoms with Crippen molar-refractivity contribution < 1.29 is 14.6 Å². The molecule has 0 amide bonds. The Hall–Kier alpha value is -1.48. The first kappa shape index (κ1) is 12.6. The first-order valence-electron chi connectivity index (χ1n) is 4.85. The number of halogens is 1. The van der Waals surface area contributed by atoms with Crippen molar-refractivity contribution in [3.8, 4) is 6.07 Å². The lowest BCUT2D eigenvalue weighted by Crippen LogP contribution is -2.21. The van der Waals surface area contributed by atoms with E-state index in [2.05, 4.69) is 0 Å². The van der Waals surface area contributed by atoms with Crippen molar-refractivity contribution in [1.82, 2.24) is 0 Å². The molecule has 1 aromatic carbocycles. The Kier molecular flexibility index (Phi) is 4.38. The van der Waals surface area contributed by atoms with Gasteiger partial charge in [0.25, 0.3) is 0 Å². The summed E-state index contributed by atoms with van der Waals surface area (Å²) in [6, 6.07) is 5.27. The molecular weight excluding hydrogens is 211 g/mol. The molecular formula is C11H13FN2O2. The van der Waals surface area contributed by atoms with Gasteiger partial charge in [0, 0.05) is 0 Å². The molecule has 1 rings (SSSR count). The Labute approximate surface area is 92.7 Å². The van der Waals surface area contributed by atoms with Crippen LogP contribution in [0.3, 0.4) is 0 Å². The smallest absolute Gasteiger partial charge is 0.124 e. The molecule has 0 fully saturated rings. The fourth-order valence-electron chi connectivity index (χ4n) is 1.40. The molecule has 4 N–H and O–H groups in total. The number of nitrogens with two attached hydrogens (primary N) is 1. The number of aliphatic hydroxyl groups is 2. The SMILES string of the molecule is N#Cc1cc(F)cc(C(O)C(O)CCN)c1. The number of nitrogens with zero attached hydrogens (tertiary/aromatic N) is 1. The molecule has 0 saturated heterocycles. The second kappa shape index (κ2) is 5.56.